The van der Waals surface area contributed by atoms with Crippen molar-refractivity contribution in [3.8, 4) is 11.5 Å². The number of nitrogens with one attached hydrogen (secondary N) is 1. The lowest BCUT2D eigenvalue weighted by atomic mass is 10.2. The van der Waals surface area contributed by atoms with Crippen molar-refractivity contribution in [2.24, 2.45) is 5.92 Å². The summed E-state index contributed by atoms with van der Waals surface area (Å²) < 4.78 is 15.8. The predicted molar refractivity (Wildman–Crippen MR) is 86.9 cm³/mol. The SMILES string of the molecule is CCCNC(=O)COC(=O)c1ccc(OCC(C)C)c(OC)c1. The second-order valence-electron chi connectivity index (χ2n) is 5.50. The lowest BCUT2D eigenvalue weighted by molar-refractivity contribution is -0.124. The van der Waals surface area contributed by atoms with Crippen LogP contribution in [-0.2, 0) is 9.53 Å². The second kappa shape index (κ2) is 9.71. The number of benzene rings is 1. The summed E-state index contributed by atoms with van der Waals surface area (Å²) in [6.45, 7) is 6.85. The fraction of sp³-hybridized carbons (Fsp3) is 0.529. The zero-order valence-corrected chi connectivity index (χ0v) is 14.2. The van der Waals surface area contributed by atoms with Gasteiger partial charge in [0.05, 0.1) is 19.3 Å². The Bertz CT molecular complexity index is 528. The van der Waals surface area contributed by atoms with Crippen LogP contribution in [0.3, 0.4) is 0 Å². The summed E-state index contributed by atoms with van der Waals surface area (Å²) in [5, 5.41) is 2.64. The Labute approximate surface area is 137 Å². The van der Waals surface area contributed by atoms with Gasteiger partial charge in [-0.05, 0) is 30.5 Å². The molecule has 128 valence electrons. The topological polar surface area (TPSA) is 73.9 Å². The molecule has 6 heteroatoms. The second-order valence-corrected chi connectivity index (χ2v) is 5.50. The van der Waals surface area contributed by atoms with Crippen molar-refractivity contribution in [2.75, 3.05) is 26.9 Å². The fourth-order valence-corrected chi connectivity index (χ4v) is 1.70. The highest BCUT2D eigenvalue weighted by Crippen LogP contribution is 2.28. The molecule has 0 aromatic heterocycles. The van der Waals surface area contributed by atoms with Crippen LogP contribution in [0.1, 0.15) is 37.6 Å². The average molecular weight is 323 g/mol. The van der Waals surface area contributed by atoms with E-state index in [0.29, 0.717) is 36.1 Å². The third-order valence-electron chi connectivity index (χ3n) is 2.88. The lowest BCUT2D eigenvalue weighted by Gasteiger charge is -2.13. The molecule has 0 saturated carbocycles. The molecule has 0 aliphatic heterocycles. The molecular weight excluding hydrogens is 298 g/mol. The molecule has 0 fully saturated rings. The van der Waals surface area contributed by atoms with E-state index in [1.807, 2.05) is 20.8 Å². The van der Waals surface area contributed by atoms with Crippen LogP contribution in [0.25, 0.3) is 0 Å². The number of hydrogen-bond acceptors (Lipinski definition) is 5. The first kappa shape index (κ1) is 18.8. The van der Waals surface area contributed by atoms with Gasteiger partial charge < -0.3 is 19.5 Å². The number of methoxy groups -OCH3 is 1. The van der Waals surface area contributed by atoms with Crippen molar-refractivity contribution in [3.05, 3.63) is 23.8 Å². The van der Waals surface area contributed by atoms with Gasteiger partial charge in [0.15, 0.2) is 18.1 Å². The Morgan fingerprint density at radius 3 is 2.57 bits per heavy atom. The van der Waals surface area contributed by atoms with Gasteiger partial charge in [0.25, 0.3) is 5.91 Å². The molecule has 0 radical (unpaired) electrons. The molecule has 1 rings (SSSR count). The highest BCUT2D eigenvalue weighted by Gasteiger charge is 2.14. The first-order valence-corrected chi connectivity index (χ1v) is 7.72. The molecular formula is C17H25NO5. The van der Waals surface area contributed by atoms with Gasteiger partial charge in [-0.3, -0.25) is 4.79 Å². The molecule has 0 spiro atoms. The van der Waals surface area contributed by atoms with Crippen LogP contribution in [0.4, 0.5) is 0 Å². The molecule has 0 aliphatic carbocycles. The predicted octanol–water partition coefficient (Wildman–Crippen LogP) is 2.41. The number of hydrogen-bond donors (Lipinski definition) is 1. The van der Waals surface area contributed by atoms with Crippen LogP contribution < -0.4 is 14.8 Å². The fourth-order valence-electron chi connectivity index (χ4n) is 1.70. The first-order chi connectivity index (χ1) is 11.0. The standard InChI is InChI=1S/C17H25NO5/c1-5-8-18-16(19)11-23-17(20)13-6-7-14(15(9-13)21-4)22-10-12(2)3/h6-7,9,12H,5,8,10-11H2,1-4H3,(H,18,19). The average Bonchev–Trinajstić information content (AvgIpc) is 2.55. The van der Waals surface area contributed by atoms with Crippen LogP contribution >= 0.6 is 0 Å². The minimum Gasteiger partial charge on any atom is -0.493 e. The normalized spacial score (nSPS) is 10.3. The largest absolute Gasteiger partial charge is 0.493 e. The van der Waals surface area contributed by atoms with Gasteiger partial charge in [-0.1, -0.05) is 20.8 Å². The van der Waals surface area contributed by atoms with Crippen LogP contribution in [0.5, 0.6) is 11.5 Å². The van der Waals surface area contributed by atoms with Gasteiger partial charge in [-0.2, -0.15) is 0 Å². The molecule has 0 unspecified atom stereocenters. The molecule has 6 nitrogen and oxygen atoms in total. The Morgan fingerprint density at radius 1 is 1.22 bits per heavy atom. The molecule has 0 bridgehead atoms. The summed E-state index contributed by atoms with van der Waals surface area (Å²) in [5.74, 6) is 0.509. The zero-order chi connectivity index (χ0) is 17.2. The Hall–Kier alpha value is -2.24. The third-order valence-corrected chi connectivity index (χ3v) is 2.88. The summed E-state index contributed by atoms with van der Waals surface area (Å²) in [4.78, 5) is 23.4. The molecule has 1 aromatic carbocycles. The smallest absolute Gasteiger partial charge is 0.338 e. The van der Waals surface area contributed by atoms with Crippen molar-refractivity contribution in [1.29, 1.82) is 0 Å². The number of rotatable bonds is 9. The number of carbonyl (C=O) groups is 2. The highest BCUT2D eigenvalue weighted by atomic mass is 16.5. The van der Waals surface area contributed by atoms with Gasteiger partial charge in [-0.15, -0.1) is 0 Å². The van der Waals surface area contributed by atoms with E-state index < -0.39 is 5.97 Å². The van der Waals surface area contributed by atoms with Crippen LogP contribution in [-0.4, -0.2) is 38.7 Å². The van der Waals surface area contributed by atoms with Crippen molar-refractivity contribution in [3.63, 3.8) is 0 Å². The van der Waals surface area contributed by atoms with E-state index in [-0.39, 0.29) is 12.5 Å². The van der Waals surface area contributed by atoms with Crippen LogP contribution in [0, 0.1) is 5.92 Å². The number of ether oxygens (including phenoxy) is 3. The molecule has 0 saturated heterocycles. The lowest BCUT2D eigenvalue weighted by Crippen LogP contribution is -2.29. The number of amides is 1. The number of carbonyl (C=O) groups excluding carboxylic acids is 2. The van der Waals surface area contributed by atoms with E-state index in [1.165, 1.54) is 7.11 Å². The van der Waals surface area contributed by atoms with Gasteiger partial charge in [0.2, 0.25) is 0 Å². The Kier molecular flexibility index (Phi) is 7.94. The van der Waals surface area contributed by atoms with Gasteiger partial charge in [0, 0.05) is 6.54 Å². The van der Waals surface area contributed by atoms with Gasteiger partial charge >= 0.3 is 5.97 Å². The van der Waals surface area contributed by atoms with E-state index in [0.717, 1.165) is 6.42 Å². The zero-order valence-electron chi connectivity index (χ0n) is 14.2. The molecule has 23 heavy (non-hydrogen) atoms. The van der Waals surface area contributed by atoms with Crippen molar-refractivity contribution < 1.29 is 23.8 Å². The van der Waals surface area contributed by atoms with Crippen molar-refractivity contribution >= 4 is 11.9 Å². The maximum absolute atomic E-state index is 12.0. The molecule has 0 aliphatic rings. The maximum Gasteiger partial charge on any atom is 0.338 e. The van der Waals surface area contributed by atoms with Gasteiger partial charge in [-0.25, -0.2) is 4.79 Å². The molecule has 1 N–H and O–H groups in total. The quantitative estimate of drug-likeness (QED) is 0.707. The van der Waals surface area contributed by atoms with E-state index in [1.54, 1.807) is 18.2 Å². The van der Waals surface area contributed by atoms with Crippen molar-refractivity contribution in [1.82, 2.24) is 5.32 Å². The summed E-state index contributed by atoms with van der Waals surface area (Å²) in [5.41, 5.74) is 0.307. The molecule has 1 aromatic rings. The molecule has 1 amide bonds. The molecule has 0 heterocycles. The summed E-state index contributed by atoms with van der Waals surface area (Å²) in [7, 11) is 1.50. The summed E-state index contributed by atoms with van der Waals surface area (Å²) in [6.07, 6.45) is 0.828. The van der Waals surface area contributed by atoms with Crippen LogP contribution in [0.15, 0.2) is 18.2 Å². The minimum atomic E-state index is -0.578. The van der Waals surface area contributed by atoms with E-state index in [2.05, 4.69) is 5.32 Å². The van der Waals surface area contributed by atoms with E-state index >= 15 is 0 Å². The summed E-state index contributed by atoms with van der Waals surface area (Å²) in [6, 6.07) is 4.79. The Morgan fingerprint density at radius 2 is 1.96 bits per heavy atom. The number of esters is 1. The third kappa shape index (κ3) is 6.59. The molecule has 0 atom stereocenters. The van der Waals surface area contributed by atoms with Gasteiger partial charge in [0.1, 0.15) is 0 Å². The monoisotopic (exact) mass is 323 g/mol. The highest BCUT2D eigenvalue weighted by molar-refractivity contribution is 5.92. The minimum absolute atomic E-state index is 0.299. The van der Waals surface area contributed by atoms with Crippen molar-refractivity contribution in [2.45, 2.75) is 27.2 Å². The van der Waals surface area contributed by atoms with E-state index in [9.17, 15) is 9.59 Å². The van der Waals surface area contributed by atoms with Crippen LogP contribution in [0.2, 0.25) is 0 Å². The maximum atomic E-state index is 12.0. The van der Waals surface area contributed by atoms with E-state index in [4.69, 9.17) is 14.2 Å². The Balaban J connectivity index is 2.65. The first-order valence-electron chi connectivity index (χ1n) is 7.72. The summed E-state index contributed by atoms with van der Waals surface area (Å²) >= 11 is 0.